The summed E-state index contributed by atoms with van der Waals surface area (Å²) in [5.74, 6) is 0. The van der Waals surface area contributed by atoms with Crippen LogP contribution in [-0.2, 0) is 0 Å². The van der Waals surface area contributed by atoms with Gasteiger partial charge in [0, 0.05) is 18.5 Å². The smallest absolute Gasteiger partial charge is 0.264 e. The first-order valence-corrected chi connectivity index (χ1v) is 1.76. The van der Waals surface area contributed by atoms with E-state index in [1.54, 1.807) is 12.4 Å². The van der Waals surface area contributed by atoms with E-state index in [9.17, 15) is 0 Å². The summed E-state index contributed by atoms with van der Waals surface area (Å²) >= 11 is 0. The molecule has 0 N–H and O–H groups in total. The molecule has 0 aliphatic carbocycles. The highest BCUT2D eigenvalue weighted by Gasteiger charge is 1.59. The second-order valence-corrected chi connectivity index (χ2v) is 0.953. The molecular weight excluding hydrogens is 98.4 g/mol. The second kappa shape index (κ2) is 4.09. The highest BCUT2D eigenvalue weighted by molar-refractivity contribution is 5.75. The average molecular weight is 104 g/mol. The zero-order valence-electron chi connectivity index (χ0n) is 3.26. The molecule has 0 saturated heterocycles. The molecule has 0 aromatic carbocycles. The van der Waals surface area contributed by atoms with Gasteiger partial charge in [-0.1, -0.05) is 6.07 Å². The van der Waals surface area contributed by atoms with Gasteiger partial charge in [0.1, 0.15) is 0 Å². The Morgan fingerprint density at radius 1 is 1.43 bits per heavy atom. The summed E-state index contributed by atoms with van der Waals surface area (Å²) in [7, 11) is 0. The van der Waals surface area contributed by atoms with Gasteiger partial charge in [-0.15, -0.1) is 0 Å². The van der Waals surface area contributed by atoms with Gasteiger partial charge < -0.3 is 0 Å². The van der Waals surface area contributed by atoms with E-state index in [-0.39, 0.29) is 23.1 Å². The largest absolute Gasteiger partial charge is 0.316 e. The van der Waals surface area contributed by atoms with Gasteiger partial charge in [0.15, 0.2) is 0 Å². The molecular formula is C5H6MgN. The number of hydrogen-bond donors (Lipinski definition) is 0. The molecule has 1 nitrogen and oxygen atoms in total. The molecule has 1 aromatic rings. The van der Waals surface area contributed by atoms with E-state index in [0.717, 1.165) is 0 Å². The van der Waals surface area contributed by atoms with Crippen LogP contribution in [0.5, 0.6) is 0 Å². The van der Waals surface area contributed by atoms with E-state index in [0.29, 0.717) is 0 Å². The monoisotopic (exact) mass is 104 g/mol. The lowest BCUT2D eigenvalue weighted by Crippen LogP contribution is -1.59. The molecule has 1 aromatic heterocycles. The first kappa shape index (κ1) is 6.92. The molecule has 0 fully saturated rings. The van der Waals surface area contributed by atoms with Crippen molar-refractivity contribution in [2.24, 2.45) is 0 Å². The van der Waals surface area contributed by atoms with Gasteiger partial charge >= 0.3 is 23.1 Å². The second-order valence-electron chi connectivity index (χ2n) is 0.953. The molecule has 33 valence electrons. The highest BCUT2D eigenvalue weighted by atomic mass is 24.3. The van der Waals surface area contributed by atoms with Gasteiger partial charge in [-0.3, -0.25) is 4.98 Å². The molecule has 0 unspecified atom stereocenters. The van der Waals surface area contributed by atoms with E-state index in [2.05, 4.69) is 11.1 Å². The Kier molecular flexibility index (Phi) is 4.04. The Labute approximate surface area is 58.9 Å². The topological polar surface area (TPSA) is 12.9 Å². The molecule has 0 atom stereocenters. The van der Waals surface area contributed by atoms with E-state index < -0.39 is 0 Å². The molecule has 0 spiro atoms. The van der Waals surface area contributed by atoms with Crippen molar-refractivity contribution < 1.29 is 0 Å². The van der Waals surface area contributed by atoms with E-state index in [1.807, 2.05) is 12.1 Å². The Balaban J connectivity index is 0.000000360. The number of aromatic nitrogens is 1. The Morgan fingerprint density at radius 3 is 2.43 bits per heavy atom. The summed E-state index contributed by atoms with van der Waals surface area (Å²) in [6.07, 6.45) is 3.34. The van der Waals surface area contributed by atoms with Crippen molar-refractivity contribution in [2.45, 2.75) is 0 Å². The Morgan fingerprint density at radius 2 is 2.29 bits per heavy atom. The van der Waals surface area contributed by atoms with E-state index in [1.165, 1.54) is 0 Å². The highest BCUT2D eigenvalue weighted by Crippen LogP contribution is 1.72. The Bertz CT molecular complexity index is 80.0. The van der Waals surface area contributed by atoms with E-state index in [4.69, 9.17) is 0 Å². The van der Waals surface area contributed by atoms with Crippen LogP contribution >= 0.6 is 0 Å². The molecule has 1 radical (unpaired) electrons. The average Bonchev–Trinajstić information content (AvgIpc) is 1.72. The molecule has 1 rings (SSSR count). The van der Waals surface area contributed by atoms with Crippen molar-refractivity contribution in [3.63, 3.8) is 0 Å². The van der Waals surface area contributed by atoms with Crippen LogP contribution in [0.2, 0.25) is 0 Å². The van der Waals surface area contributed by atoms with Crippen LogP contribution in [0.15, 0.2) is 24.5 Å². The fraction of sp³-hybridized carbons (Fsp3) is 0. The van der Waals surface area contributed by atoms with Gasteiger partial charge in [0.2, 0.25) is 0 Å². The molecule has 0 aliphatic heterocycles. The summed E-state index contributed by atoms with van der Waals surface area (Å²) in [6.45, 7) is 0. The summed E-state index contributed by atoms with van der Waals surface area (Å²) in [4.78, 5) is 3.73. The van der Waals surface area contributed by atoms with Crippen LogP contribution in [0.3, 0.4) is 0 Å². The van der Waals surface area contributed by atoms with Gasteiger partial charge in [-0.2, -0.15) is 0 Å². The Hall–Kier alpha value is -0.0838. The van der Waals surface area contributed by atoms with Gasteiger partial charge in [0.25, 0.3) is 0 Å². The maximum Gasteiger partial charge on any atom is 0.316 e. The maximum atomic E-state index is 3.73. The minimum atomic E-state index is 0. The third-order valence-corrected chi connectivity index (χ3v) is 0.514. The third kappa shape index (κ3) is 2.59. The fourth-order valence-corrected chi connectivity index (χ4v) is 0.277. The molecule has 1 heterocycles. The predicted molar refractivity (Wildman–Crippen MR) is 31.6 cm³/mol. The van der Waals surface area contributed by atoms with Gasteiger partial charge in [-0.05, 0) is 6.07 Å². The van der Waals surface area contributed by atoms with Crippen LogP contribution in [0.4, 0.5) is 0 Å². The van der Waals surface area contributed by atoms with Crippen molar-refractivity contribution in [3.8, 4) is 0 Å². The van der Waals surface area contributed by atoms with E-state index >= 15 is 0 Å². The normalized spacial score (nSPS) is 6.86. The molecule has 0 aliphatic rings. The van der Waals surface area contributed by atoms with Crippen molar-refractivity contribution in [1.29, 1.82) is 0 Å². The quantitative estimate of drug-likeness (QED) is 0.421. The number of nitrogens with zero attached hydrogens (tertiary/aromatic N) is 1. The minimum Gasteiger partial charge on any atom is -0.264 e. The van der Waals surface area contributed by atoms with Gasteiger partial charge in [0.05, 0.1) is 0 Å². The number of rotatable bonds is 0. The summed E-state index contributed by atoms with van der Waals surface area (Å²) in [5, 5.41) is 0. The van der Waals surface area contributed by atoms with Crippen LogP contribution in [0.1, 0.15) is 0 Å². The lowest BCUT2D eigenvalue weighted by molar-refractivity contribution is 1.32. The van der Waals surface area contributed by atoms with Gasteiger partial charge in [-0.25, -0.2) is 0 Å². The van der Waals surface area contributed by atoms with Crippen LogP contribution in [0.25, 0.3) is 0 Å². The number of hydrogen-bond acceptors (Lipinski definition) is 1. The lowest BCUT2D eigenvalue weighted by atomic mass is 10.5. The SMILES string of the molecule is [MgH2].[c]1cccnc1. The molecule has 0 bridgehead atoms. The molecule has 0 amide bonds. The summed E-state index contributed by atoms with van der Waals surface area (Å²) < 4.78 is 0. The van der Waals surface area contributed by atoms with Crippen molar-refractivity contribution in [3.05, 3.63) is 30.6 Å². The summed E-state index contributed by atoms with van der Waals surface area (Å²) in [5.41, 5.74) is 0. The van der Waals surface area contributed by atoms with Crippen LogP contribution in [-0.4, -0.2) is 28.0 Å². The lowest BCUT2D eigenvalue weighted by Gasteiger charge is -1.69. The standard InChI is InChI=1S/C5H4N.Mg.2H/c1-2-4-6-5-3-1;;;/h1-2,4-5H;;;. The fourth-order valence-electron chi connectivity index (χ4n) is 0.277. The number of pyridine rings is 1. The predicted octanol–water partition coefficient (Wildman–Crippen LogP) is -0.0344. The van der Waals surface area contributed by atoms with Crippen LogP contribution in [0, 0.1) is 6.07 Å². The molecule has 7 heavy (non-hydrogen) atoms. The first-order chi connectivity index (χ1) is 3.00. The third-order valence-electron chi connectivity index (χ3n) is 0.514. The zero-order chi connectivity index (χ0) is 4.24. The molecule has 0 saturated carbocycles. The van der Waals surface area contributed by atoms with Crippen LogP contribution < -0.4 is 0 Å². The summed E-state index contributed by atoms with van der Waals surface area (Å²) in [6, 6.07) is 6.43. The van der Waals surface area contributed by atoms with Crippen molar-refractivity contribution >= 4 is 23.1 Å². The molecule has 2 heteroatoms. The van der Waals surface area contributed by atoms with Crippen molar-refractivity contribution in [1.82, 2.24) is 4.98 Å². The first-order valence-electron chi connectivity index (χ1n) is 1.76. The maximum absolute atomic E-state index is 3.73. The zero-order valence-corrected chi connectivity index (χ0v) is 3.26. The minimum absolute atomic E-state index is 0. The van der Waals surface area contributed by atoms with Crippen molar-refractivity contribution in [2.75, 3.05) is 0 Å².